The van der Waals surface area contributed by atoms with Gasteiger partial charge in [-0.15, -0.1) is 0 Å². The van der Waals surface area contributed by atoms with Gasteiger partial charge < -0.3 is 5.32 Å². The third-order valence-electron chi connectivity index (χ3n) is 2.27. The molecule has 0 aliphatic carbocycles. The van der Waals surface area contributed by atoms with Gasteiger partial charge in [-0.25, -0.2) is 0 Å². The summed E-state index contributed by atoms with van der Waals surface area (Å²) in [5, 5.41) is 2.73. The van der Waals surface area contributed by atoms with Crippen LogP contribution in [0.3, 0.4) is 0 Å². The van der Waals surface area contributed by atoms with Crippen molar-refractivity contribution in [3.63, 3.8) is 0 Å². The molecule has 0 aromatic rings. The van der Waals surface area contributed by atoms with Crippen molar-refractivity contribution in [3.05, 3.63) is 0 Å². The van der Waals surface area contributed by atoms with Gasteiger partial charge in [0.1, 0.15) is 17.5 Å². The molecule has 78 valence electrons. The van der Waals surface area contributed by atoms with Gasteiger partial charge >= 0.3 is 0 Å². The van der Waals surface area contributed by atoms with E-state index in [1.165, 1.54) is 6.92 Å². The van der Waals surface area contributed by atoms with E-state index in [1.54, 1.807) is 13.8 Å². The zero-order valence-electron chi connectivity index (χ0n) is 8.72. The monoisotopic (exact) mass is 197 g/mol. The van der Waals surface area contributed by atoms with Gasteiger partial charge in [-0.05, 0) is 20.8 Å². The highest BCUT2D eigenvalue weighted by Gasteiger charge is 2.39. The largest absolute Gasteiger partial charge is 0.350 e. The van der Waals surface area contributed by atoms with Crippen molar-refractivity contribution < 1.29 is 14.4 Å². The Balaban J connectivity index is 2.76. The van der Waals surface area contributed by atoms with E-state index in [1.807, 2.05) is 0 Å². The fraction of sp³-hybridized carbons (Fsp3) is 0.700. The molecule has 0 aromatic heterocycles. The normalized spacial score (nSPS) is 25.8. The van der Waals surface area contributed by atoms with E-state index in [9.17, 15) is 14.4 Å². The van der Waals surface area contributed by atoms with Crippen LogP contribution in [0.1, 0.15) is 33.6 Å². The smallest absolute Gasteiger partial charge is 0.231 e. The molecule has 4 heteroatoms. The van der Waals surface area contributed by atoms with Crippen molar-refractivity contribution in [2.45, 2.75) is 39.2 Å². The zero-order valence-corrected chi connectivity index (χ0v) is 8.72. The lowest BCUT2D eigenvalue weighted by atomic mass is 9.83. The summed E-state index contributed by atoms with van der Waals surface area (Å²) in [6.07, 6.45) is 0.331. The second kappa shape index (κ2) is 3.52. The number of nitrogens with one attached hydrogen (secondary N) is 1. The second-order valence-corrected chi connectivity index (χ2v) is 4.47. The van der Waals surface area contributed by atoms with Crippen molar-refractivity contribution in [2.24, 2.45) is 5.92 Å². The van der Waals surface area contributed by atoms with E-state index in [4.69, 9.17) is 0 Å². The molecule has 1 atom stereocenters. The van der Waals surface area contributed by atoms with E-state index >= 15 is 0 Å². The minimum Gasteiger partial charge on any atom is -0.350 e. The maximum Gasteiger partial charge on any atom is 0.231 e. The lowest BCUT2D eigenvalue weighted by molar-refractivity contribution is -0.142. The van der Waals surface area contributed by atoms with Gasteiger partial charge in [-0.3, -0.25) is 14.4 Å². The molecule has 0 unspecified atom stereocenters. The first-order valence-corrected chi connectivity index (χ1v) is 4.66. The van der Waals surface area contributed by atoms with Crippen molar-refractivity contribution in [2.75, 3.05) is 0 Å². The second-order valence-electron chi connectivity index (χ2n) is 4.47. The maximum absolute atomic E-state index is 11.5. The Morgan fingerprint density at radius 3 is 2.50 bits per heavy atom. The molecule has 0 radical (unpaired) electrons. The third-order valence-corrected chi connectivity index (χ3v) is 2.27. The van der Waals surface area contributed by atoms with Gasteiger partial charge in [-0.2, -0.15) is 0 Å². The van der Waals surface area contributed by atoms with Crippen LogP contribution >= 0.6 is 0 Å². The summed E-state index contributed by atoms with van der Waals surface area (Å²) in [5.41, 5.74) is -0.471. The van der Waals surface area contributed by atoms with Crippen molar-refractivity contribution in [1.82, 2.24) is 5.32 Å². The predicted molar refractivity (Wildman–Crippen MR) is 50.6 cm³/mol. The molecule has 0 spiro atoms. The summed E-state index contributed by atoms with van der Waals surface area (Å²) in [6.45, 7) is 4.99. The number of hydrogen-bond donors (Lipinski definition) is 1. The number of ketones is 2. The Labute approximate surface area is 83.1 Å². The fourth-order valence-electron chi connectivity index (χ4n) is 1.66. The lowest BCUT2D eigenvalue weighted by Gasteiger charge is -2.33. The SMILES string of the molecule is CC(=O)C[C@H]1C(=O)CC(C)(C)NC1=O. The van der Waals surface area contributed by atoms with Crippen LogP contribution in [0.25, 0.3) is 0 Å². The summed E-state index contributed by atoms with van der Waals surface area (Å²) < 4.78 is 0. The van der Waals surface area contributed by atoms with Crippen LogP contribution < -0.4 is 5.32 Å². The third kappa shape index (κ3) is 2.40. The van der Waals surface area contributed by atoms with E-state index in [-0.39, 0.29) is 23.9 Å². The van der Waals surface area contributed by atoms with Crippen LogP contribution in [-0.2, 0) is 14.4 Å². The van der Waals surface area contributed by atoms with Crippen LogP contribution in [0.4, 0.5) is 0 Å². The molecule has 0 bridgehead atoms. The Morgan fingerprint density at radius 1 is 1.50 bits per heavy atom. The molecule has 1 heterocycles. The lowest BCUT2D eigenvalue weighted by Crippen LogP contribution is -2.55. The van der Waals surface area contributed by atoms with Gasteiger partial charge in [0, 0.05) is 18.4 Å². The molecule has 0 aromatic carbocycles. The van der Waals surface area contributed by atoms with E-state index in [0.29, 0.717) is 6.42 Å². The number of hydrogen-bond acceptors (Lipinski definition) is 3. The number of rotatable bonds is 2. The van der Waals surface area contributed by atoms with Gasteiger partial charge in [-0.1, -0.05) is 0 Å². The van der Waals surface area contributed by atoms with Crippen LogP contribution in [0, 0.1) is 5.92 Å². The highest BCUT2D eigenvalue weighted by Crippen LogP contribution is 2.22. The van der Waals surface area contributed by atoms with Crippen molar-refractivity contribution in [3.8, 4) is 0 Å². The van der Waals surface area contributed by atoms with Gasteiger partial charge in [0.2, 0.25) is 5.91 Å². The van der Waals surface area contributed by atoms with E-state index in [0.717, 1.165) is 0 Å². The summed E-state index contributed by atoms with van der Waals surface area (Å²) in [6, 6.07) is 0. The Kier molecular flexibility index (Phi) is 2.73. The van der Waals surface area contributed by atoms with Crippen LogP contribution in [0.15, 0.2) is 0 Å². The number of piperidine rings is 1. The highest BCUT2D eigenvalue weighted by atomic mass is 16.2. The van der Waals surface area contributed by atoms with Crippen molar-refractivity contribution >= 4 is 17.5 Å². The maximum atomic E-state index is 11.5. The van der Waals surface area contributed by atoms with E-state index < -0.39 is 11.5 Å². The Hall–Kier alpha value is -1.19. The molecule has 1 aliphatic rings. The Morgan fingerprint density at radius 2 is 2.07 bits per heavy atom. The molecular weight excluding hydrogens is 182 g/mol. The zero-order chi connectivity index (χ0) is 10.9. The number of carbonyl (C=O) groups is 3. The first-order chi connectivity index (χ1) is 6.32. The fourth-order valence-corrected chi connectivity index (χ4v) is 1.66. The topological polar surface area (TPSA) is 63.2 Å². The summed E-state index contributed by atoms with van der Waals surface area (Å²) in [7, 11) is 0. The quantitative estimate of drug-likeness (QED) is 0.654. The van der Waals surface area contributed by atoms with Crippen LogP contribution in [0.2, 0.25) is 0 Å². The standard InChI is InChI=1S/C10H15NO3/c1-6(12)4-7-8(13)5-10(2,3)11-9(7)14/h7H,4-5H2,1-3H3,(H,11,14)/t7-/m0/s1. The molecule has 1 fully saturated rings. The first-order valence-electron chi connectivity index (χ1n) is 4.66. The van der Waals surface area contributed by atoms with E-state index in [2.05, 4.69) is 5.32 Å². The molecule has 0 saturated carbocycles. The summed E-state index contributed by atoms with van der Waals surface area (Å²) in [4.78, 5) is 33.8. The number of carbonyl (C=O) groups excluding carboxylic acids is 3. The van der Waals surface area contributed by atoms with Gasteiger partial charge in [0.15, 0.2) is 0 Å². The number of amides is 1. The average molecular weight is 197 g/mol. The van der Waals surface area contributed by atoms with Gasteiger partial charge in [0.05, 0.1) is 0 Å². The average Bonchev–Trinajstić information content (AvgIpc) is 1.94. The first kappa shape index (κ1) is 10.9. The van der Waals surface area contributed by atoms with Crippen LogP contribution in [0.5, 0.6) is 0 Å². The number of Topliss-reactive ketones (excluding diaryl/α,β-unsaturated/α-hetero) is 2. The molecule has 1 aliphatic heterocycles. The molecule has 1 amide bonds. The highest BCUT2D eigenvalue weighted by molar-refractivity contribution is 6.06. The summed E-state index contributed by atoms with van der Waals surface area (Å²) >= 11 is 0. The Bertz CT molecular complexity index is 274. The molecule has 14 heavy (non-hydrogen) atoms. The molecule has 4 nitrogen and oxygen atoms in total. The minimum absolute atomic E-state index is 0.0285. The molecular formula is C10H15NO3. The summed E-state index contributed by atoms with van der Waals surface area (Å²) in [5.74, 6) is -1.34. The van der Waals surface area contributed by atoms with Crippen LogP contribution in [-0.4, -0.2) is 23.0 Å². The van der Waals surface area contributed by atoms with Crippen molar-refractivity contribution in [1.29, 1.82) is 0 Å². The predicted octanol–water partition coefficient (Wildman–Crippen LogP) is 0.449. The molecule has 1 saturated heterocycles. The van der Waals surface area contributed by atoms with Gasteiger partial charge in [0.25, 0.3) is 0 Å². The minimum atomic E-state index is -0.763. The molecule has 1 rings (SSSR count). The molecule has 1 N–H and O–H groups in total.